The van der Waals surface area contributed by atoms with E-state index in [9.17, 15) is 0 Å². The monoisotopic (exact) mass is 158 g/mol. The number of hydrogen-bond donors (Lipinski definition) is 0. The summed E-state index contributed by atoms with van der Waals surface area (Å²) in [7, 11) is 0. The van der Waals surface area contributed by atoms with Crippen molar-refractivity contribution >= 4 is 0 Å². The summed E-state index contributed by atoms with van der Waals surface area (Å²) in [6.45, 7) is 4.09. The van der Waals surface area contributed by atoms with Crippen molar-refractivity contribution in [3.8, 4) is 11.8 Å². The van der Waals surface area contributed by atoms with Gasteiger partial charge in [-0.2, -0.15) is 0 Å². The first-order valence-corrected chi connectivity index (χ1v) is 4.29. The normalized spacial score (nSPS) is 11.5. The van der Waals surface area contributed by atoms with Crippen LogP contribution in [-0.4, -0.2) is 0 Å². The van der Waals surface area contributed by atoms with Gasteiger partial charge in [0.15, 0.2) is 0 Å². The highest BCUT2D eigenvalue weighted by Crippen LogP contribution is 2.17. The Morgan fingerprint density at radius 3 is 2.50 bits per heavy atom. The molecule has 0 aliphatic heterocycles. The third-order valence-corrected chi connectivity index (χ3v) is 1.95. The minimum Gasteiger partial charge on any atom is -0.107 e. The quantitative estimate of drug-likeness (QED) is 0.580. The van der Waals surface area contributed by atoms with Crippen LogP contribution in [0.5, 0.6) is 0 Å². The minimum absolute atomic E-state index is 0.554. The van der Waals surface area contributed by atoms with Crippen molar-refractivity contribution < 1.29 is 0 Å². The molecule has 0 spiro atoms. The van der Waals surface area contributed by atoms with Gasteiger partial charge < -0.3 is 0 Å². The van der Waals surface area contributed by atoms with Gasteiger partial charge >= 0.3 is 0 Å². The van der Waals surface area contributed by atoms with E-state index in [4.69, 9.17) is 0 Å². The summed E-state index contributed by atoms with van der Waals surface area (Å²) in [6, 6.07) is 10.5. The van der Waals surface area contributed by atoms with Crippen LogP contribution in [0.2, 0.25) is 0 Å². The predicted molar refractivity (Wildman–Crippen MR) is 52.9 cm³/mol. The molecule has 1 atom stereocenters. The molecule has 0 amide bonds. The van der Waals surface area contributed by atoms with Crippen molar-refractivity contribution in [1.29, 1.82) is 0 Å². The van der Waals surface area contributed by atoms with Crippen LogP contribution in [-0.2, 0) is 0 Å². The van der Waals surface area contributed by atoms with E-state index in [1.165, 1.54) is 5.56 Å². The Balaban J connectivity index is 2.63. The molecule has 0 radical (unpaired) electrons. The maximum absolute atomic E-state index is 3.10. The fourth-order valence-electron chi connectivity index (χ4n) is 1.15. The van der Waals surface area contributed by atoms with Crippen LogP contribution in [0.3, 0.4) is 0 Å². The molecule has 62 valence electrons. The van der Waals surface area contributed by atoms with Gasteiger partial charge in [0.2, 0.25) is 0 Å². The van der Waals surface area contributed by atoms with Crippen molar-refractivity contribution in [2.24, 2.45) is 0 Å². The first-order valence-electron chi connectivity index (χ1n) is 4.29. The highest BCUT2D eigenvalue weighted by atomic mass is 14.0. The lowest BCUT2D eigenvalue weighted by Crippen LogP contribution is -1.90. The van der Waals surface area contributed by atoms with Crippen molar-refractivity contribution in [3.05, 3.63) is 35.9 Å². The zero-order valence-corrected chi connectivity index (χ0v) is 7.67. The van der Waals surface area contributed by atoms with E-state index in [0.717, 1.165) is 6.42 Å². The summed E-state index contributed by atoms with van der Waals surface area (Å²) in [5, 5.41) is 0. The Labute approximate surface area is 74.6 Å². The molecule has 0 bridgehead atoms. The van der Waals surface area contributed by atoms with Crippen LogP contribution in [0.4, 0.5) is 0 Å². The highest BCUT2D eigenvalue weighted by molar-refractivity contribution is 5.20. The van der Waals surface area contributed by atoms with Gasteiger partial charge in [-0.15, -0.1) is 11.8 Å². The van der Waals surface area contributed by atoms with E-state index in [0.29, 0.717) is 5.92 Å². The van der Waals surface area contributed by atoms with Gasteiger partial charge in [-0.3, -0.25) is 0 Å². The van der Waals surface area contributed by atoms with Crippen LogP contribution in [0.15, 0.2) is 30.3 Å². The largest absolute Gasteiger partial charge is 0.107 e. The van der Waals surface area contributed by atoms with Crippen LogP contribution in [0, 0.1) is 11.8 Å². The van der Waals surface area contributed by atoms with Crippen molar-refractivity contribution in [2.75, 3.05) is 0 Å². The van der Waals surface area contributed by atoms with E-state index in [1.54, 1.807) is 0 Å². The fraction of sp³-hybridized carbons (Fsp3) is 0.333. The Morgan fingerprint density at radius 2 is 1.92 bits per heavy atom. The Hall–Kier alpha value is -1.22. The van der Waals surface area contributed by atoms with Crippen molar-refractivity contribution in [2.45, 2.75) is 26.2 Å². The second kappa shape index (κ2) is 4.62. The molecular weight excluding hydrogens is 144 g/mol. The molecule has 0 aromatic heterocycles. The fourth-order valence-corrected chi connectivity index (χ4v) is 1.15. The van der Waals surface area contributed by atoms with Gasteiger partial charge in [0.05, 0.1) is 0 Å². The summed E-state index contributed by atoms with van der Waals surface area (Å²) >= 11 is 0. The Kier molecular flexibility index (Phi) is 3.41. The van der Waals surface area contributed by atoms with Crippen molar-refractivity contribution in [1.82, 2.24) is 0 Å². The van der Waals surface area contributed by atoms with Gasteiger partial charge in [0, 0.05) is 6.42 Å². The summed E-state index contributed by atoms with van der Waals surface area (Å²) in [5.41, 5.74) is 1.38. The summed E-state index contributed by atoms with van der Waals surface area (Å²) in [5.74, 6) is 6.57. The molecule has 12 heavy (non-hydrogen) atoms. The number of rotatable bonds is 2. The lowest BCUT2D eigenvalue weighted by molar-refractivity contribution is 0.796. The first-order chi connectivity index (χ1) is 5.84. The Bertz CT molecular complexity index is 274. The van der Waals surface area contributed by atoms with Crippen LogP contribution < -0.4 is 0 Å². The van der Waals surface area contributed by atoms with E-state index in [1.807, 2.05) is 13.0 Å². The summed E-state index contributed by atoms with van der Waals surface area (Å²) in [6.07, 6.45) is 0.959. The Morgan fingerprint density at radius 1 is 1.25 bits per heavy atom. The van der Waals surface area contributed by atoms with Gasteiger partial charge in [-0.1, -0.05) is 37.3 Å². The maximum atomic E-state index is 3.10. The van der Waals surface area contributed by atoms with E-state index in [-0.39, 0.29) is 0 Å². The lowest BCUT2D eigenvalue weighted by atomic mass is 9.98. The molecule has 0 nitrogen and oxygen atoms in total. The third kappa shape index (κ3) is 2.43. The second-order valence-corrected chi connectivity index (χ2v) is 2.94. The molecular formula is C12H14. The molecule has 0 heterocycles. The molecule has 1 rings (SSSR count). The van der Waals surface area contributed by atoms with Gasteiger partial charge in [-0.25, -0.2) is 0 Å². The molecule has 1 unspecified atom stereocenters. The molecule has 0 saturated heterocycles. The highest BCUT2D eigenvalue weighted by Gasteiger charge is 2.00. The molecule has 1 aromatic carbocycles. The van der Waals surface area contributed by atoms with Crippen LogP contribution >= 0.6 is 0 Å². The smallest absolute Gasteiger partial charge is 0.0155 e. The number of benzene rings is 1. The van der Waals surface area contributed by atoms with Gasteiger partial charge in [0.25, 0.3) is 0 Å². The standard InChI is InChI=1S/C12H14/c1-3-4-8-11(2)12-9-6-5-7-10-12/h5-7,9-11H,8H2,1-2H3. The zero-order valence-electron chi connectivity index (χ0n) is 7.67. The molecule has 0 aliphatic rings. The molecule has 0 heteroatoms. The van der Waals surface area contributed by atoms with Gasteiger partial charge in [-0.05, 0) is 18.4 Å². The molecule has 0 aliphatic carbocycles. The molecule has 0 saturated carbocycles. The van der Waals surface area contributed by atoms with E-state index < -0.39 is 0 Å². The van der Waals surface area contributed by atoms with E-state index >= 15 is 0 Å². The predicted octanol–water partition coefficient (Wildman–Crippen LogP) is 3.20. The second-order valence-electron chi connectivity index (χ2n) is 2.94. The van der Waals surface area contributed by atoms with E-state index in [2.05, 4.69) is 43.0 Å². The SMILES string of the molecule is CC#CCC(C)c1ccccc1. The zero-order chi connectivity index (χ0) is 8.81. The first kappa shape index (κ1) is 8.87. The maximum Gasteiger partial charge on any atom is 0.0155 e. The topological polar surface area (TPSA) is 0 Å². The average Bonchev–Trinajstić information content (AvgIpc) is 2.15. The minimum atomic E-state index is 0.554. The lowest BCUT2D eigenvalue weighted by Gasteiger charge is -2.06. The molecule has 1 aromatic rings. The number of hydrogen-bond acceptors (Lipinski definition) is 0. The molecule has 0 N–H and O–H groups in total. The third-order valence-electron chi connectivity index (χ3n) is 1.95. The summed E-state index contributed by atoms with van der Waals surface area (Å²) in [4.78, 5) is 0. The van der Waals surface area contributed by atoms with Crippen molar-refractivity contribution in [3.63, 3.8) is 0 Å². The molecule has 0 fully saturated rings. The average molecular weight is 158 g/mol. The van der Waals surface area contributed by atoms with Gasteiger partial charge in [0.1, 0.15) is 0 Å². The van der Waals surface area contributed by atoms with Crippen LogP contribution in [0.25, 0.3) is 0 Å². The van der Waals surface area contributed by atoms with Crippen LogP contribution in [0.1, 0.15) is 31.7 Å². The summed E-state index contributed by atoms with van der Waals surface area (Å²) < 4.78 is 0.